The molecule has 1 aliphatic rings. The van der Waals surface area contributed by atoms with Crippen LogP contribution < -0.4 is 0 Å². The van der Waals surface area contributed by atoms with E-state index in [0.29, 0.717) is 0 Å². The smallest absolute Gasteiger partial charge is 0.184 e. The Labute approximate surface area is 169 Å². The summed E-state index contributed by atoms with van der Waals surface area (Å²) in [4.78, 5) is 0. The molecule has 1 heterocycles. The highest BCUT2D eigenvalue weighted by Gasteiger charge is 2.50. The maximum atomic E-state index is 7.00. The summed E-state index contributed by atoms with van der Waals surface area (Å²) in [5.74, 6) is 0.0713. The zero-order chi connectivity index (χ0) is 20.5. The van der Waals surface area contributed by atoms with Crippen molar-refractivity contribution in [2.24, 2.45) is 4.41 Å². The van der Waals surface area contributed by atoms with Crippen molar-refractivity contribution in [2.45, 2.75) is 84.0 Å². The minimum absolute atomic E-state index is 0.0502. The lowest BCUT2D eigenvalue weighted by Crippen LogP contribution is -2.36. The van der Waals surface area contributed by atoms with Crippen LogP contribution in [0, 0.1) is 0 Å². The van der Waals surface area contributed by atoms with Gasteiger partial charge in [0.15, 0.2) is 24.0 Å². The van der Waals surface area contributed by atoms with Crippen molar-refractivity contribution >= 4 is 24.0 Å². The van der Waals surface area contributed by atoms with Crippen molar-refractivity contribution in [2.75, 3.05) is 7.05 Å². The maximum Gasteiger partial charge on any atom is 0.184 e. The Hall–Kier alpha value is -0.236. The molecule has 0 unspecified atom stereocenters. The molecular formula is C20H39N2O2PSi2. The van der Waals surface area contributed by atoms with E-state index in [1.165, 1.54) is 5.56 Å². The first-order valence-corrected chi connectivity index (χ1v) is 18.7. The zero-order valence-electron chi connectivity index (χ0n) is 18.7. The molecule has 1 aliphatic heterocycles. The molecule has 0 amide bonds. The molecule has 0 bridgehead atoms. The van der Waals surface area contributed by atoms with Crippen LogP contribution in [0.5, 0.6) is 0 Å². The van der Waals surface area contributed by atoms with Crippen molar-refractivity contribution < 1.29 is 8.95 Å². The van der Waals surface area contributed by atoms with Gasteiger partial charge < -0.3 is 13.4 Å². The van der Waals surface area contributed by atoms with Gasteiger partial charge in [0.1, 0.15) is 11.9 Å². The van der Waals surface area contributed by atoms with Crippen molar-refractivity contribution in [3.63, 3.8) is 0 Å². The second-order valence-electron chi connectivity index (χ2n) is 9.58. The molecule has 0 saturated carbocycles. The van der Waals surface area contributed by atoms with Gasteiger partial charge in [-0.05, 0) is 65.2 Å². The van der Waals surface area contributed by atoms with E-state index in [1.54, 1.807) is 0 Å². The Bertz CT molecular complexity index is 671. The normalized spacial score (nSPS) is 28.3. The number of benzene rings is 1. The molecule has 7 heteroatoms. The SMILES string of the molecule is CCC[C@H](O[Si](C)(C)C)[P@]1(=N[Si](C)(C)C)O[C@H](c2ccccc2)[C@H](C)N1C. The quantitative estimate of drug-likeness (QED) is 0.350. The van der Waals surface area contributed by atoms with Crippen LogP contribution >= 0.6 is 7.43 Å². The number of hydrogen-bond acceptors (Lipinski definition) is 3. The van der Waals surface area contributed by atoms with E-state index in [-0.39, 0.29) is 18.0 Å². The molecule has 1 aromatic carbocycles. The fraction of sp³-hybridized carbons (Fsp3) is 0.700. The minimum atomic E-state index is -2.23. The monoisotopic (exact) mass is 426 g/mol. The molecule has 154 valence electrons. The third-order valence-electron chi connectivity index (χ3n) is 4.72. The Morgan fingerprint density at radius 1 is 1.15 bits per heavy atom. The molecule has 1 saturated heterocycles. The van der Waals surface area contributed by atoms with Gasteiger partial charge in [-0.25, -0.2) is 4.67 Å². The second kappa shape index (κ2) is 8.64. The Morgan fingerprint density at radius 3 is 2.22 bits per heavy atom. The van der Waals surface area contributed by atoms with Crippen LogP contribution in [-0.2, 0) is 8.95 Å². The Balaban J connectivity index is 2.58. The number of rotatable bonds is 7. The average molecular weight is 427 g/mol. The molecule has 0 N–H and O–H groups in total. The molecule has 0 spiro atoms. The van der Waals surface area contributed by atoms with Gasteiger partial charge in [0, 0.05) is 6.04 Å². The van der Waals surface area contributed by atoms with E-state index in [1.807, 2.05) is 0 Å². The topological polar surface area (TPSA) is 34.1 Å². The zero-order valence-corrected chi connectivity index (χ0v) is 21.6. The maximum absolute atomic E-state index is 7.00. The highest BCUT2D eigenvalue weighted by molar-refractivity contribution is 7.61. The molecule has 0 aliphatic carbocycles. The number of nitrogens with zero attached hydrogens (tertiary/aromatic N) is 2. The third-order valence-corrected chi connectivity index (χ3v) is 12.4. The summed E-state index contributed by atoms with van der Waals surface area (Å²) < 4.78 is 21.7. The van der Waals surface area contributed by atoms with Crippen molar-refractivity contribution in [3.8, 4) is 0 Å². The number of hydrogen-bond donors (Lipinski definition) is 0. The molecular weight excluding hydrogens is 387 g/mol. The summed E-state index contributed by atoms with van der Waals surface area (Å²) in [5, 5.41) is 0. The van der Waals surface area contributed by atoms with Gasteiger partial charge in [-0.1, -0.05) is 43.7 Å². The molecule has 4 nitrogen and oxygen atoms in total. The lowest BCUT2D eigenvalue weighted by molar-refractivity contribution is 0.197. The minimum Gasteiger partial charge on any atom is -0.406 e. The molecule has 0 aromatic heterocycles. The molecule has 0 radical (unpaired) electrons. The van der Waals surface area contributed by atoms with Gasteiger partial charge in [0.2, 0.25) is 0 Å². The molecule has 2 rings (SSSR count). The molecule has 27 heavy (non-hydrogen) atoms. The summed E-state index contributed by atoms with van der Waals surface area (Å²) in [7, 11) is -3.46. The molecule has 1 aromatic rings. The molecule has 4 atom stereocenters. The van der Waals surface area contributed by atoms with Gasteiger partial charge >= 0.3 is 0 Å². The summed E-state index contributed by atoms with van der Waals surface area (Å²) in [5.41, 5.74) is 1.24. The van der Waals surface area contributed by atoms with Crippen LogP contribution in [0.2, 0.25) is 39.3 Å². The highest BCUT2D eigenvalue weighted by Crippen LogP contribution is 2.69. The van der Waals surface area contributed by atoms with E-state index in [0.717, 1.165) is 12.8 Å². The van der Waals surface area contributed by atoms with Gasteiger partial charge in [0.25, 0.3) is 0 Å². The van der Waals surface area contributed by atoms with E-state index in [9.17, 15) is 0 Å². The van der Waals surface area contributed by atoms with E-state index < -0.39 is 24.0 Å². The first-order chi connectivity index (χ1) is 12.4. The van der Waals surface area contributed by atoms with Crippen LogP contribution in [0.1, 0.15) is 38.4 Å². The number of likely N-dealkylation sites (N-methyl/N-ethyl adjacent to an activating group) is 1. The van der Waals surface area contributed by atoms with Crippen molar-refractivity contribution in [1.82, 2.24) is 4.67 Å². The van der Waals surface area contributed by atoms with Crippen LogP contribution in [0.3, 0.4) is 0 Å². The predicted octanol–water partition coefficient (Wildman–Crippen LogP) is 6.92. The van der Waals surface area contributed by atoms with E-state index >= 15 is 0 Å². The van der Waals surface area contributed by atoms with E-state index in [2.05, 4.69) is 95.2 Å². The summed E-state index contributed by atoms with van der Waals surface area (Å²) in [6.45, 7) is 18.3. The van der Waals surface area contributed by atoms with E-state index in [4.69, 9.17) is 13.4 Å². The standard InChI is InChI=1S/C20H39N2O2PSi2/c1-10-14-19(24-27(7,8)9)25(21-26(4,5)6)22(3)17(2)20(23-25)18-15-12-11-13-16-18/h11-13,15-17,19-20H,10,14H2,1-9H3/t17-,19+,20-,25+/m0/s1. The van der Waals surface area contributed by atoms with Gasteiger partial charge in [-0.2, -0.15) is 0 Å². The third kappa shape index (κ3) is 5.65. The lowest BCUT2D eigenvalue weighted by Gasteiger charge is -2.39. The Morgan fingerprint density at radius 2 is 1.74 bits per heavy atom. The molecule has 1 fully saturated rings. The largest absolute Gasteiger partial charge is 0.406 e. The first kappa shape index (κ1) is 23.0. The van der Waals surface area contributed by atoms with Crippen molar-refractivity contribution in [3.05, 3.63) is 35.9 Å². The predicted molar refractivity (Wildman–Crippen MR) is 123 cm³/mol. The lowest BCUT2D eigenvalue weighted by atomic mass is 10.0. The van der Waals surface area contributed by atoms with Gasteiger partial charge in [-0.15, -0.1) is 0 Å². The average Bonchev–Trinajstić information content (AvgIpc) is 2.79. The second-order valence-corrected chi connectivity index (χ2v) is 21.8. The highest BCUT2D eigenvalue weighted by atomic mass is 31.2. The van der Waals surface area contributed by atoms with Crippen LogP contribution in [-0.4, -0.2) is 40.2 Å². The van der Waals surface area contributed by atoms with Crippen LogP contribution in [0.25, 0.3) is 0 Å². The summed E-state index contributed by atoms with van der Waals surface area (Å²) >= 11 is 0. The van der Waals surface area contributed by atoms with Gasteiger partial charge in [0.05, 0.1) is 0 Å². The van der Waals surface area contributed by atoms with Crippen molar-refractivity contribution in [1.29, 1.82) is 0 Å². The Kier molecular flexibility index (Phi) is 7.37. The summed E-state index contributed by atoms with van der Waals surface area (Å²) in [6.07, 6.45) is 2.14. The first-order valence-electron chi connectivity index (χ1n) is 10.2. The van der Waals surface area contributed by atoms with Crippen LogP contribution in [0.15, 0.2) is 34.7 Å². The van der Waals surface area contributed by atoms with Crippen LogP contribution in [0.4, 0.5) is 0 Å². The van der Waals surface area contributed by atoms with Gasteiger partial charge in [-0.3, -0.25) is 0 Å². The summed E-state index contributed by atoms with van der Waals surface area (Å²) in [6, 6.07) is 10.9. The fourth-order valence-corrected chi connectivity index (χ4v) is 13.3. The fourth-order valence-electron chi connectivity index (χ4n) is 3.58.